The van der Waals surface area contributed by atoms with E-state index in [4.69, 9.17) is 0 Å². The van der Waals surface area contributed by atoms with Crippen LogP contribution in [-0.2, 0) is 11.2 Å². The van der Waals surface area contributed by atoms with Crippen LogP contribution in [0.3, 0.4) is 0 Å². The molecule has 1 aromatic heterocycles. The van der Waals surface area contributed by atoms with Crippen LogP contribution in [0.2, 0.25) is 0 Å². The molecule has 2 heterocycles. The van der Waals surface area contributed by atoms with Gasteiger partial charge in [-0.3, -0.25) is 9.59 Å². The Morgan fingerprint density at radius 3 is 2.86 bits per heavy atom. The average Bonchev–Trinajstić information content (AvgIpc) is 2.51. The third kappa shape index (κ3) is 2.68. The van der Waals surface area contributed by atoms with E-state index in [1.165, 1.54) is 6.42 Å². The molecular formula is C16H19N3O2. The maximum absolute atomic E-state index is 12.5. The fourth-order valence-corrected chi connectivity index (χ4v) is 3.02. The molecule has 1 atom stereocenters. The molecule has 0 radical (unpaired) electrons. The summed E-state index contributed by atoms with van der Waals surface area (Å²) in [6.07, 6.45) is 3.55. The first kappa shape index (κ1) is 13.8. The summed E-state index contributed by atoms with van der Waals surface area (Å²) in [7, 11) is 0. The van der Waals surface area contributed by atoms with Crippen LogP contribution >= 0.6 is 0 Å². The van der Waals surface area contributed by atoms with Gasteiger partial charge < -0.3 is 4.90 Å². The molecule has 1 saturated heterocycles. The lowest BCUT2D eigenvalue weighted by Crippen LogP contribution is -2.43. The van der Waals surface area contributed by atoms with E-state index < -0.39 is 0 Å². The molecule has 0 saturated carbocycles. The summed E-state index contributed by atoms with van der Waals surface area (Å²) in [6, 6.07) is 7.57. The van der Waals surface area contributed by atoms with Crippen molar-refractivity contribution in [1.82, 2.24) is 15.1 Å². The second-order valence-corrected chi connectivity index (χ2v) is 5.65. The minimum Gasteiger partial charge on any atom is -0.340 e. The number of carbonyl (C=O) groups is 1. The molecule has 1 N–H and O–H groups in total. The van der Waals surface area contributed by atoms with Crippen LogP contribution in [0.5, 0.6) is 0 Å². The van der Waals surface area contributed by atoms with Crippen LogP contribution in [0, 0.1) is 0 Å². The maximum Gasteiger partial charge on any atom is 0.272 e. The number of aromatic amines is 1. The molecule has 110 valence electrons. The van der Waals surface area contributed by atoms with Gasteiger partial charge in [0.15, 0.2) is 0 Å². The number of carbonyl (C=O) groups excluding carboxylic acids is 1. The summed E-state index contributed by atoms with van der Waals surface area (Å²) in [5.41, 5.74) is 0.432. The summed E-state index contributed by atoms with van der Waals surface area (Å²) in [4.78, 5) is 26.2. The molecule has 2 aromatic rings. The van der Waals surface area contributed by atoms with Crippen molar-refractivity contribution in [2.45, 2.75) is 38.6 Å². The number of benzene rings is 1. The second-order valence-electron chi connectivity index (χ2n) is 5.65. The lowest BCUT2D eigenvalue weighted by Gasteiger charge is -2.33. The van der Waals surface area contributed by atoms with Gasteiger partial charge in [-0.05, 0) is 32.3 Å². The van der Waals surface area contributed by atoms with Crippen molar-refractivity contribution in [1.29, 1.82) is 0 Å². The second kappa shape index (κ2) is 5.68. The molecule has 3 rings (SSSR count). The Labute approximate surface area is 123 Å². The van der Waals surface area contributed by atoms with E-state index in [9.17, 15) is 9.59 Å². The van der Waals surface area contributed by atoms with Gasteiger partial charge in [0.1, 0.15) is 0 Å². The Morgan fingerprint density at radius 2 is 2.10 bits per heavy atom. The van der Waals surface area contributed by atoms with Gasteiger partial charge in [0, 0.05) is 18.0 Å². The Kier molecular flexibility index (Phi) is 3.73. The zero-order valence-electron chi connectivity index (χ0n) is 12.1. The van der Waals surface area contributed by atoms with Crippen molar-refractivity contribution >= 4 is 16.7 Å². The van der Waals surface area contributed by atoms with Crippen molar-refractivity contribution in [2.75, 3.05) is 6.54 Å². The van der Waals surface area contributed by atoms with Crippen LogP contribution in [0.4, 0.5) is 0 Å². The number of rotatable bonds is 2. The highest BCUT2D eigenvalue weighted by Gasteiger charge is 2.24. The minimum absolute atomic E-state index is 0.0897. The fraction of sp³-hybridized carbons (Fsp3) is 0.438. The normalized spacial score (nSPS) is 18.9. The van der Waals surface area contributed by atoms with Gasteiger partial charge in [-0.25, -0.2) is 5.10 Å². The minimum atomic E-state index is -0.215. The summed E-state index contributed by atoms with van der Waals surface area (Å²) >= 11 is 0. The molecule has 1 amide bonds. The van der Waals surface area contributed by atoms with E-state index in [0.717, 1.165) is 24.8 Å². The zero-order chi connectivity index (χ0) is 14.8. The van der Waals surface area contributed by atoms with Crippen LogP contribution < -0.4 is 5.56 Å². The predicted octanol–water partition coefficient (Wildman–Crippen LogP) is 1.87. The number of hydrogen-bond acceptors (Lipinski definition) is 3. The molecule has 1 aliphatic heterocycles. The Bertz CT molecular complexity index is 723. The molecule has 1 unspecified atom stereocenters. The number of nitrogens with one attached hydrogen (secondary N) is 1. The van der Waals surface area contributed by atoms with E-state index >= 15 is 0 Å². The Balaban J connectivity index is 1.90. The summed E-state index contributed by atoms with van der Waals surface area (Å²) in [5.74, 6) is 0.0897. The van der Waals surface area contributed by atoms with E-state index in [1.54, 1.807) is 6.07 Å². The molecule has 1 fully saturated rings. The van der Waals surface area contributed by atoms with E-state index in [1.807, 2.05) is 23.1 Å². The quantitative estimate of drug-likeness (QED) is 0.916. The number of nitrogens with zero attached hydrogens (tertiary/aromatic N) is 2. The lowest BCUT2D eigenvalue weighted by molar-refractivity contribution is -0.133. The van der Waals surface area contributed by atoms with Crippen LogP contribution in [0.25, 0.3) is 10.8 Å². The molecule has 1 aromatic carbocycles. The molecule has 0 aliphatic carbocycles. The molecule has 0 spiro atoms. The number of hydrogen-bond donors (Lipinski definition) is 1. The van der Waals surface area contributed by atoms with E-state index in [0.29, 0.717) is 17.1 Å². The van der Waals surface area contributed by atoms with Crippen molar-refractivity contribution in [3.8, 4) is 0 Å². The van der Waals surface area contributed by atoms with Gasteiger partial charge in [-0.1, -0.05) is 18.2 Å². The highest BCUT2D eigenvalue weighted by Crippen LogP contribution is 2.19. The van der Waals surface area contributed by atoms with Crippen LogP contribution in [0.1, 0.15) is 31.9 Å². The van der Waals surface area contributed by atoms with Crippen molar-refractivity contribution in [3.63, 3.8) is 0 Å². The maximum atomic E-state index is 12.5. The molecule has 5 heteroatoms. The third-order valence-electron chi connectivity index (χ3n) is 4.22. The van der Waals surface area contributed by atoms with Gasteiger partial charge in [0.25, 0.3) is 5.56 Å². The Morgan fingerprint density at radius 1 is 1.33 bits per heavy atom. The summed E-state index contributed by atoms with van der Waals surface area (Å²) in [6.45, 7) is 2.91. The highest BCUT2D eigenvalue weighted by atomic mass is 16.2. The highest BCUT2D eigenvalue weighted by molar-refractivity contribution is 5.88. The number of amides is 1. The van der Waals surface area contributed by atoms with Crippen LogP contribution in [-0.4, -0.2) is 33.6 Å². The molecule has 5 nitrogen and oxygen atoms in total. The largest absolute Gasteiger partial charge is 0.340 e. The number of H-pyrrole nitrogens is 1. The van der Waals surface area contributed by atoms with Gasteiger partial charge in [-0.15, -0.1) is 0 Å². The number of likely N-dealkylation sites (tertiary alicyclic amines) is 1. The monoisotopic (exact) mass is 285 g/mol. The Hall–Kier alpha value is -2.17. The fourth-order valence-electron chi connectivity index (χ4n) is 3.02. The van der Waals surface area contributed by atoms with Gasteiger partial charge in [0.05, 0.1) is 17.5 Å². The van der Waals surface area contributed by atoms with Crippen molar-refractivity contribution < 1.29 is 4.79 Å². The number of aromatic nitrogens is 2. The van der Waals surface area contributed by atoms with E-state index in [2.05, 4.69) is 17.1 Å². The topological polar surface area (TPSA) is 66.1 Å². The summed E-state index contributed by atoms with van der Waals surface area (Å²) in [5, 5.41) is 7.92. The van der Waals surface area contributed by atoms with Gasteiger partial charge >= 0.3 is 0 Å². The van der Waals surface area contributed by atoms with Crippen LogP contribution in [0.15, 0.2) is 29.1 Å². The first-order valence-electron chi connectivity index (χ1n) is 7.42. The summed E-state index contributed by atoms with van der Waals surface area (Å²) < 4.78 is 0. The third-order valence-corrected chi connectivity index (χ3v) is 4.22. The van der Waals surface area contributed by atoms with Gasteiger partial charge in [0.2, 0.25) is 5.91 Å². The standard InChI is InChI=1S/C16H19N3O2/c1-11-6-4-5-9-19(11)15(20)10-14-12-7-2-3-8-13(12)16(21)18-17-14/h2-3,7-8,11H,4-6,9-10H2,1H3,(H,18,21). The number of fused-ring (bicyclic) bond motifs is 1. The molecular weight excluding hydrogens is 266 g/mol. The van der Waals surface area contributed by atoms with Crippen molar-refractivity contribution in [2.24, 2.45) is 0 Å². The molecule has 1 aliphatic rings. The zero-order valence-corrected chi connectivity index (χ0v) is 12.1. The van der Waals surface area contributed by atoms with Gasteiger partial charge in [-0.2, -0.15) is 5.10 Å². The van der Waals surface area contributed by atoms with E-state index in [-0.39, 0.29) is 17.9 Å². The molecule has 0 bridgehead atoms. The van der Waals surface area contributed by atoms with Crippen molar-refractivity contribution in [3.05, 3.63) is 40.3 Å². The SMILES string of the molecule is CC1CCCCN1C(=O)Cc1n[nH]c(=O)c2ccccc12. The first-order valence-corrected chi connectivity index (χ1v) is 7.42. The lowest BCUT2D eigenvalue weighted by atomic mass is 10.0. The smallest absolute Gasteiger partial charge is 0.272 e. The first-order chi connectivity index (χ1) is 10.2. The molecule has 21 heavy (non-hydrogen) atoms. The number of piperidine rings is 1. The average molecular weight is 285 g/mol. The predicted molar refractivity (Wildman–Crippen MR) is 81.1 cm³/mol.